The van der Waals surface area contributed by atoms with Gasteiger partial charge in [-0.3, -0.25) is 10.1 Å². The Morgan fingerprint density at radius 2 is 1.62 bits per heavy atom. The van der Waals surface area contributed by atoms with Crippen molar-refractivity contribution in [2.45, 2.75) is 4.90 Å². The first kappa shape index (κ1) is 15.2. The molecule has 2 aromatic carbocycles. The molecule has 2 rings (SSSR count). The number of non-ortho nitro benzene ring substituents is 1. The molecule has 0 atom stereocenters. The van der Waals surface area contributed by atoms with Gasteiger partial charge in [-0.2, -0.15) is 0 Å². The molecule has 0 saturated carbocycles. The van der Waals surface area contributed by atoms with Crippen molar-refractivity contribution in [3.05, 3.63) is 75.7 Å². The standard InChI is InChI=1S/C14H10ClNO4S/c15-14(11-6-8-12(9-7-11)16(17)18)10-21(19,20)13-4-2-1-3-5-13/h1-10H/b14-10+. The molecule has 0 radical (unpaired) electrons. The Balaban J connectivity index is 2.35. The number of rotatable bonds is 4. The summed E-state index contributed by atoms with van der Waals surface area (Å²) in [6.45, 7) is 0. The average Bonchev–Trinajstić information content (AvgIpc) is 2.48. The third-order valence-electron chi connectivity index (χ3n) is 2.68. The van der Waals surface area contributed by atoms with Gasteiger partial charge in [0.05, 0.1) is 20.3 Å². The fraction of sp³-hybridized carbons (Fsp3) is 0. The maximum atomic E-state index is 12.1. The highest BCUT2D eigenvalue weighted by molar-refractivity contribution is 7.94. The number of nitrogens with zero attached hydrogens (tertiary/aromatic N) is 1. The van der Waals surface area contributed by atoms with E-state index in [1.165, 1.54) is 36.4 Å². The van der Waals surface area contributed by atoms with Crippen LogP contribution in [0.25, 0.3) is 5.03 Å². The molecule has 0 aliphatic carbocycles. The Morgan fingerprint density at radius 3 is 2.14 bits per heavy atom. The smallest absolute Gasteiger partial charge is 0.258 e. The highest BCUT2D eigenvalue weighted by Crippen LogP contribution is 2.25. The molecule has 0 aliphatic rings. The Morgan fingerprint density at radius 1 is 1.05 bits per heavy atom. The summed E-state index contributed by atoms with van der Waals surface area (Å²) in [5.74, 6) is 0. The van der Waals surface area contributed by atoms with Crippen LogP contribution in [0.4, 0.5) is 5.69 Å². The summed E-state index contributed by atoms with van der Waals surface area (Å²) in [6.07, 6.45) is 0. The SMILES string of the molecule is O=[N+]([O-])c1ccc(/C(Cl)=C\S(=O)(=O)c2ccccc2)cc1. The van der Waals surface area contributed by atoms with Crippen LogP contribution in [0.2, 0.25) is 0 Å². The van der Waals surface area contributed by atoms with Gasteiger partial charge in [0.15, 0.2) is 0 Å². The summed E-state index contributed by atoms with van der Waals surface area (Å²) >= 11 is 5.98. The fourth-order valence-corrected chi connectivity index (χ4v) is 3.18. The van der Waals surface area contributed by atoms with Gasteiger partial charge in [0.1, 0.15) is 0 Å². The minimum absolute atomic E-state index is 0.00579. The van der Waals surface area contributed by atoms with Crippen molar-refractivity contribution in [2.75, 3.05) is 0 Å². The lowest BCUT2D eigenvalue weighted by molar-refractivity contribution is -0.384. The molecular formula is C14H10ClNO4S. The van der Waals surface area contributed by atoms with Crippen molar-refractivity contribution in [2.24, 2.45) is 0 Å². The number of sulfone groups is 1. The van der Waals surface area contributed by atoms with Crippen molar-refractivity contribution < 1.29 is 13.3 Å². The second-order valence-electron chi connectivity index (χ2n) is 4.13. The Hall–Kier alpha value is -2.18. The zero-order chi connectivity index (χ0) is 15.5. The molecule has 21 heavy (non-hydrogen) atoms. The number of benzene rings is 2. The molecule has 0 N–H and O–H groups in total. The van der Waals surface area contributed by atoms with E-state index in [1.807, 2.05) is 0 Å². The molecule has 108 valence electrons. The average molecular weight is 324 g/mol. The van der Waals surface area contributed by atoms with Crippen molar-refractivity contribution in [1.29, 1.82) is 0 Å². The second-order valence-corrected chi connectivity index (χ2v) is 6.33. The molecule has 7 heteroatoms. The van der Waals surface area contributed by atoms with E-state index < -0.39 is 14.8 Å². The monoisotopic (exact) mass is 323 g/mol. The van der Waals surface area contributed by atoms with Gasteiger partial charge in [0.25, 0.3) is 5.69 Å². The van der Waals surface area contributed by atoms with Gasteiger partial charge in [-0.25, -0.2) is 8.42 Å². The maximum absolute atomic E-state index is 12.1. The number of hydrogen-bond acceptors (Lipinski definition) is 4. The van der Waals surface area contributed by atoms with Crippen LogP contribution in [0.1, 0.15) is 5.56 Å². The zero-order valence-electron chi connectivity index (χ0n) is 10.6. The van der Waals surface area contributed by atoms with Gasteiger partial charge in [-0.05, 0) is 29.8 Å². The van der Waals surface area contributed by atoms with Gasteiger partial charge < -0.3 is 0 Å². The molecule has 2 aromatic rings. The molecule has 0 amide bonds. The van der Waals surface area contributed by atoms with E-state index in [2.05, 4.69) is 0 Å². The zero-order valence-corrected chi connectivity index (χ0v) is 12.2. The lowest BCUT2D eigenvalue weighted by Crippen LogP contribution is -1.96. The van der Waals surface area contributed by atoms with Crippen LogP contribution in [0.15, 0.2) is 64.9 Å². The van der Waals surface area contributed by atoms with E-state index in [-0.39, 0.29) is 15.6 Å². The van der Waals surface area contributed by atoms with E-state index in [0.29, 0.717) is 5.56 Å². The van der Waals surface area contributed by atoms with Gasteiger partial charge in [0.2, 0.25) is 9.84 Å². The van der Waals surface area contributed by atoms with Gasteiger partial charge in [-0.1, -0.05) is 29.8 Å². The summed E-state index contributed by atoms with van der Waals surface area (Å²) in [6, 6.07) is 13.2. The minimum Gasteiger partial charge on any atom is -0.258 e. The van der Waals surface area contributed by atoms with Gasteiger partial charge in [0, 0.05) is 12.1 Å². The Bertz CT molecular complexity index is 783. The summed E-state index contributed by atoms with van der Waals surface area (Å²) in [4.78, 5) is 10.1. The van der Waals surface area contributed by atoms with Gasteiger partial charge >= 0.3 is 0 Å². The summed E-state index contributed by atoms with van der Waals surface area (Å²) in [7, 11) is -3.66. The predicted octanol–water partition coefficient (Wildman–Crippen LogP) is 3.61. The van der Waals surface area contributed by atoms with Crippen molar-refractivity contribution in [1.82, 2.24) is 0 Å². The predicted molar refractivity (Wildman–Crippen MR) is 80.6 cm³/mol. The van der Waals surface area contributed by atoms with Crippen molar-refractivity contribution in [3.63, 3.8) is 0 Å². The topological polar surface area (TPSA) is 77.3 Å². The van der Waals surface area contributed by atoms with E-state index in [9.17, 15) is 18.5 Å². The summed E-state index contributed by atoms with van der Waals surface area (Å²) < 4.78 is 24.2. The molecule has 0 spiro atoms. The molecule has 0 aromatic heterocycles. The summed E-state index contributed by atoms with van der Waals surface area (Å²) in [5, 5.41) is 11.5. The van der Waals surface area contributed by atoms with Crippen LogP contribution < -0.4 is 0 Å². The first-order valence-corrected chi connectivity index (χ1v) is 7.75. The van der Waals surface area contributed by atoms with Crippen LogP contribution >= 0.6 is 11.6 Å². The van der Waals surface area contributed by atoms with E-state index in [1.54, 1.807) is 18.2 Å². The van der Waals surface area contributed by atoms with Crippen LogP contribution in [0.3, 0.4) is 0 Å². The number of nitro benzene ring substituents is 1. The highest BCUT2D eigenvalue weighted by atomic mass is 35.5. The lowest BCUT2D eigenvalue weighted by atomic mass is 10.2. The second kappa shape index (κ2) is 6.07. The third kappa shape index (κ3) is 3.68. The van der Waals surface area contributed by atoms with Gasteiger partial charge in [-0.15, -0.1) is 0 Å². The van der Waals surface area contributed by atoms with E-state index in [4.69, 9.17) is 11.6 Å². The molecule has 5 nitrogen and oxygen atoms in total. The fourth-order valence-electron chi connectivity index (χ4n) is 1.62. The number of nitro groups is 1. The quantitative estimate of drug-likeness (QED) is 0.636. The Labute approximate surface area is 126 Å². The molecule has 0 saturated heterocycles. The van der Waals surface area contributed by atoms with Crippen LogP contribution in [0.5, 0.6) is 0 Å². The molecule has 0 aliphatic heterocycles. The molecule has 0 unspecified atom stereocenters. The normalized spacial score (nSPS) is 12.1. The maximum Gasteiger partial charge on any atom is 0.269 e. The Kier molecular flexibility index (Phi) is 4.40. The van der Waals surface area contributed by atoms with E-state index in [0.717, 1.165) is 5.41 Å². The van der Waals surface area contributed by atoms with Crippen LogP contribution in [-0.2, 0) is 9.84 Å². The number of hydrogen-bond donors (Lipinski definition) is 0. The summed E-state index contributed by atoms with van der Waals surface area (Å²) in [5.41, 5.74) is 0.302. The first-order chi connectivity index (χ1) is 9.90. The van der Waals surface area contributed by atoms with E-state index >= 15 is 0 Å². The van der Waals surface area contributed by atoms with Crippen molar-refractivity contribution >= 4 is 32.2 Å². The molecular weight excluding hydrogens is 314 g/mol. The third-order valence-corrected chi connectivity index (χ3v) is 4.62. The largest absolute Gasteiger partial charge is 0.269 e. The molecule has 0 heterocycles. The van der Waals surface area contributed by atoms with Crippen LogP contribution in [0, 0.1) is 10.1 Å². The molecule has 0 fully saturated rings. The lowest BCUT2D eigenvalue weighted by Gasteiger charge is -2.02. The highest BCUT2D eigenvalue weighted by Gasteiger charge is 2.13. The minimum atomic E-state index is -3.66. The number of halogens is 1. The molecule has 0 bridgehead atoms. The van der Waals surface area contributed by atoms with Crippen LogP contribution in [-0.4, -0.2) is 13.3 Å². The van der Waals surface area contributed by atoms with Crippen molar-refractivity contribution in [3.8, 4) is 0 Å². The first-order valence-electron chi connectivity index (χ1n) is 5.82.